The Morgan fingerprint density at radius 2 is 2.03 bits per heavy atom. The Morgan fingerprint density at radius 3 is 2.81 bits per heavy atom. The molecule has 31 heavy (non-hydrogen) atoms. The third-order valence-corrected chi connectivity index (χ3v) is 4.95. The summed E-state index contributed by atoms with van der Waals surface area (Å²) in [5.74, 6) is -0.774. The van der Waals surface area contributed by atoms with Gasteiger partial charge in [0.25, 0.3) is 11.8 Å². The van der Waals surface area contributed by atoms with Gasteiger partial charge in [-0.2, -0.15) is 5.10 Å². The van der Waals surface area contributed by atoms with Gasteiger partial charge in [-0.3, -0.25) is 9.48 Å². The molecule has 3 aromatic rings. The predicted molar refractivity (Wildman–Crippen MR) is 106 cm³/mol. The summed E-state index contributed by atoms with van der Waals surface area (Å²) in [6.45, 7) is 2.46. The SMILES string of the molecule is CCOC(=O)CNC(=O)N1CCc2c(c(-c3nnc(-c4ccccc4F)o3)nn2C)C1. The zero-order valence-corrected chi connectivity index (χ0v) is 17.1. The van der Waals surface area contributed by atoms with Crippen LogP contribution in [0.15, 0.2) is 28.7 Å². The Kier molecular flexibility index (Phi) is 5.65. The van der Waals surface area contributed by atoms with Crippen molar-refractivity contribution in [2.45, 2.75) is 19.9 Å². The summed E-state index contributed by atoms with van der Waals surface area (Å²) in [7, 11) is 1.80. The predicted octanol–water partition coefficient (Wildman–Crippen LogP) is 1.91. The second kappa shape index (κ2) is 8.54. The van der Waals surface area contributed by atoms with Crippen LogP contribution in [0.2, 0.25) is 0 Å². The number of ether oxygens (including phenoxy) is 1. The van der Waals surface area contributed by atoms with Crippen molar-refractivity contribution in [3.8, 4) is 23.0 Å². The minimum absolute atomic E-state index is 0.0485. The molecule has 0 spiro atoms. The van der Waals surface area contributed by atoms with Crippen molar-refractivity contribution in [2.75, 3.05) is 19.7 Å². The molecule has 1 aliphatic heterocycles. The van der Waals surface area contributed by atoms with Gasteiger partial charge in [-0.25, -0.2) is 9.18 Å². The topological polar surface area (TPSA) is 115 Å². The fourth-order valence-electron chi connectivity index (χ4n) is 3.47. The largest absolute Gasteiger partial charge is 0.465 e. The lowest BCUT2D eigenvalue weighted by Gasteiger charge is -2.27. The van der Waals surface area contributed by atoms with Gasteiger partial charge in [0.2, 0.25) is 0 Å². The highest BCUT2D eigenvalue weighted by Crippen LogP contribution is 2.31. The molecule has 0 radical (unpaired) electrons. The van der Waals surface area contributed by atoms with Gasteiger partial charge < -0.3 is 19.4 Å². The second-order valence-corrected chi connectivity index (χ2v) is 6.92. The van der Waals surface area contributed by atoms with Gasteiger partial charge in [0.1, 0.15) is 12.4 Å². The maximum absolute atomic E-state index is 14.1. The van der Waals surface area contributed by atoms with Crippen LogP contribution in [0.5, 0.6) is 0 Å². The van der Waals surface area contributed by atoms with Crippen LogP contribution in [-0.4, -0.2) is 56.6 Å². The van der Waals surface area contributed by atoms with Crippen molar-refractivity contribution in [2.24, 2.45) is 7.05 Å². The van der Waals surface area contributed by atoms with Gasteiger partial charge in [-0.15, -0.1) is 10.2 Å². The number of nitrogens with zero attached hydrogens (tertiary/aromatic N) is 5. The van der Waals surface area contributed by atoms with E-state index in [0.717, 1.165) is 11.3 Å². The molecule has 0 aliphatic carbocycles. The summed E-state index contributed by atoms with van der Waals surface area (Å²) >= 11 is 0. The van der Waals surface area contributed by atoms with E-state index in [9.17, 15) is 14.0 Å². The number of carbonyl (C=O) groups is 2. The van der Waals surface area contributed by atoms with Crippen molar-refractivity contribution < 1.29 is 23.1 Å². The van der Waals surface area contributed by atoms with Crippen molar-refractivity contribution in [3.63, 3.8) is 0 Å². The highest BCUT2D eigenvalue weighted by Gasteiger charge is 2.29. The van der Waals surface area contributed by atoms with Crippen LogP contribution in [0.25, 0.3) is 23.0 Å². The van der Waals surface area contributed by atoms with Crippen molar-refractivity contribution in [3.05, 3.63) is 41.3 Å². The van der Waals surface area contributed by atoms with E-state index in [1.807, 2.05) is 0 Å². The average molecular weight is 428 g/mol. The first-order valence-electron chi connectivity index (χ1n) is 9.79. The molecule has 0 saturated heterocycles. The smallest absolute Gasteiger partial charge is 0.325 e. The Morgan fingerprint density at radius 1 is 1.26 bits per heavy atom. The van der Waals surface area contributed by atoms with E-state index in [-0.39, 0.29) is 43.1 Å². The molecular formula is C20H21FN6O4. The summed E-state index contributed by atoms with van der Waals surface area (Å²) < 4.78 is 26.3. The number of aromatic nitrogens is 4. The van der Waals surface area contributed by atoms with Gasteiger partial charge in [-0.05, 0) is 19.1 Å². The average Bonchev–Trinajstić information content (AvgIpc) is 3.37. The molecule has 10 nitrogen and oxygen atoms in total. The number of rotatable bonds is 5. The molecule has 1 N–H and O–H groups in total. The van der Waals surface area contributed by atoms with E-state index in [4.69, 9.17) is 9.15 Å². The number of esters is 1. The zero-order chi connectivity index (χ0) is 22.0. The molecule has 162 valence electrons. The standard InChI is InChI=1S/C20H21FN6O4/c1-3-30-16(28)10-22-20(29)27-9-8-15-13(11-27)17(25-26(15)2)19-24-23-18(31-19)12-6-4-5-7-14(12)21/h4-7H,3,8-11H2,1-2H3,(H,22,29). The molecule has 3 heterocycles. The first-order chi connectivity index (χ1) is 15.0. The molecule has 2 amide bonds. The minimum Gasteiger partial charge on any atom is -0.465 e. The number of benzene rings is 1. The number of amides is 2. The number of urea groups is 1. The lowest BCUT2D eigenvalue weighted by atomic mass is 10.1. The highest BCUT2D eigenvalue weighted by atomic mass is 19.1. The van der Waals surface area contributed by atoms with Gasteiger partial charge in [0.15, 0.2) is 5.69 Å². The van der Waals surface area contributed by atoms with Crippen LogP contribution in [-0.2, 0) is 29.5 Å². The summed E-state index contributed by atoms with van der Waals surface area (Å²) in [5, 5.41) is 15.0. The summed E-state index contributed by atoms with van der Waals surface area (Å²) in [4.78, 5) is 25.5. The molecule has 2 aromatic heterocycles. The Balaban J connectivity index is 1.55. The van der Waals surface area contributed by atoms with Crippen molar-refractivity contribution >= 4 is 12.0 Å². The summed E-state index contributed by atoms with van der Waals surface area (Å²) in [6, 6.07) is 5.74. The number of aryl methyl sites for hydroxylation is 1. The van der Waals surface area contributed by atoms with Gasteiger partial charge in [-0.1, -0.05) is 12.1 Å². The quantitative estimate of drug-likeness (QED) is 0.617. The van der Waals surface area contributed by atoms with Gasteiger partial charge in [0.05, 0.1) is 18.7 Å². The fraction of sp³-hybridized carbons (Fsp3) is 0.350. The summed E-state index contributed by atoms with van der Waals surface area (Å²) in [6.07, 6.45) is 0.569. The minimum atomic E-state index is -0.498. The van der Waals surface area contributed by atoms with Crippen molar-refractivity contribution in [1.82, 2.24) is 30.2 Å². The highest BCUT2D eigenvalue weighted by molar-refractivity contribution is 5.81. The maximum atomic E-state index is 14.1. The normalized spacial score (nSPS) is 13.1. The number of fused-ring (bicyclic) bond motifs is 1. The van der Waals surface area contributed by atoms with Gasteiger partial charge >= 0.3 is 12.0 Å². The monoisotopic (exact) mass is 428 g/mol. The second-order valence-electron chi connectivity index (χ2n) is 6.92. The van der Waals surface area contributed by atoms with Crippen molar-refractivity contribution in [1.29, 1.82) is 0 Å². The molecule has 1 aromatic carbocycles. The van der Waals surface area contributed by atoms with E-state index in [2.05, 4.69) is 20.6 Å². The van der Waals surface area contributed by atoms with Crippen LogP contribution in [0.3, 0.4) is 0 Å². The first kappa shape index (κ1) is 20.5. The molecule has 11 heteroatoms. The number of carbonyl (C=O) groups excluding carboxylic acids is 2. The molecule has 0 fully saturated rings. The van der Waals surface area contributed by atoms with Crippen LogP contribution in [0.4, 0.5) is 9.18 Å². The van der Waals surface area contributed by atoms with Crippen LogP contribution in [0, 0.1) is 5.82 Å². The molecule has 0 saturated carbocycles. The summed E-state index contributed by atoms with van der Waals surface area (Å²) in [5.41, 5.74) is 2.35. The van der Waals surface area contributed by atoms with E-state index in [1.165, 1.54) is 6.07 Å². The Hall–Kier alpha value is -3.76. The van der Waals surface area contributed by atoms with Gasteiger partial charge in [0, 0.05) is 31.3 Å². The lowest BCUT2D eigenvalue weighted by Crippen LogP contribution is -2.44. The van der Waals surface area contributed by atoms with Crippen LogP contribution in [0.1, 0.15) is 18.2 Å². The Labute approximate surface area is 177 Å². The zero-order valence-electron chi connectivity index (χ0n) is 17.1. The third kappa shape index (κ3) is 4.11. The third-order valence-electron chi connectivity index (χ3n) is 4.95. The van der Waals surface area contributed by atoms with E-state index >= 15 is 0 Å². The van der Waals surface area contributed by atoms with E-state index in [0.29, 0.717) is 18.7 Å². The molecule has 1 aliphatic rings. The Bertz CT molecular complexity index is 1120. The molecule has 0 unspecified atom stereocenters. The number of nitrogens with one attached hydrogen (secondary N) is 1. The van der Waals surface area contributed by atoms with E-state index < -0.39 is 11.8 Å². The number of halogens is 1. The fourth-order valence-corrected chi connectivity index (χ4v) is 3.47. The maximum Gasteiger partial charge on any atom is 0.325 e. The number of hydrogen-bond donors (Lipinski definition) is 1. The molecule has 4 rings (SSSR count). The van der Waals surface area contributed by atoms with Crippen LogP contribution < -0.4 is 5.32 Å². The molecular weight excluding hydrogens is 407 g/mol. The first-order valence-corrected chi connectivity index (χ1v) is 9.79. The number of hydrogen-bond acceptors (Lipinski definition) is 7. The lowest BCUT2D eigenvalue weighted by molar-refractivity contribution is -0.141. The van der Waals surface area contributed by atoms with Crippen LogP contribution >= 0.6 is 0 Å². The molecule has 0 atom stereocenters. The van der Waals surface area contributed by atoms with E-state index in [1.54, 1.807) is 41.8 Å². The molecule has 0 bridgehead atoms.